The lowest BCUT2D eigenvalue weighted by atomic mass is 9.47. The Bertz CT molecular complexity index is 975. The maximum atomic E-state index is 12.3. The van der Waals surface area contributed by atoms with E-state index < -0.39 is 0 Å². The third kappa shape index (κ3) is 3.94. The van der Waals surface area contributed by atoms with Crippen molar-refractivity contribution in [3.8, 4) is 0 Å². The second-order valence-corrected chi connectivity index (χ2v) is 12.5. The zero-order valence-corrected chi connectivity index (χ0v) is 21.0. The maximum Gasteiger partial charge on any atom is 0.407 e. The Morgan fingerprint density at radius 2 is 1.88 bits per heavy atom. The molecule has 178 valence electrons. The highest BCUT2D eigenvalue weighted by molar-refractivity contribution is 5.72. The van der Waals surface area contributed by atoms with Gasteiger partial charge in [-0.15, -0.1) is 0 Å². The van der Waals surface area contributed by atoms with Gasteiger partial charge in [-0.2, -0.15) is 0 Å². The van der Waals surface area contributed by atoms with Gasteiger partial charge in [-0.1, -0.05) is 37.6 Å². The van der Waals surface area contributed by atoms with Crippen molar-refractivity contribution < 1.29 is 9.53 Å². The summed E-state index contributed by atoms with van der Waals surface area (Å²) in [6.07, 6.45) is 16.6. The van der Waals surface area contributed by atoms with Crippen molar-refractivity contribution in [2.75, 3.05) is 0 Å². The van der Waals surface area contributed by atoms with Gasteiger partial charge in [-0.3, -0.25) is 4.98 Å². The van der Waals surface area contributed by atoms with Crippen LogP contribution in [0.2, 0.25) is 0 Å². The van der Waals surface area contributed by atoms with Gasteiger partial charge in [-0.05, 0) is 105 Å². The summed E-state index contributed by atoms with van der Waals surface area (Å²) < 4.78 is 5.84. The molecule has 1 N–H and O–H groups in total. The Morgan fingerprint density at radius 1 is 1.09 bits per heavy atom. The molecule has 4 heteroatoms. The Balaban J connectivity index is 1.32. The summed E-state index contributed by atoms with van der Waals surface area (Å²) in [5, 5.41) is 2.95. The van der Waals surface area contributed by atoms with Crippen molar-refractivity contribution >= 4 is 11.7 Å². The summed E-state index contributed by atoms with van der Waals surface area (Å²) in [6.45, 7) is 11.0. The molecule has 0 spiro atoms. The van der Waals surface area contributed by atoms with Gasteiger partial charge in [0.05, 0.1) is 0 Å². The highest BCUT2D eigenvalue weighted by Gasteiger charge is 2.57. The van der Waals surface area contributed by atoms with Crippen molar-refractivity contribution in [1.82, 2.24) is 10.3 Å². The van der Waals surface area contributed by atoms with Crippen LogP contribution in [0.25, 0.3) is 5.57 Å². The predicted octanol–water partition coefficient (Wildman–Crippen LogP) is 6.93. The Kier molecular flexibility index (Phi) is 5.49. The van der Waals surface area contributed by atoms with E-state index in [-0.39, 0.29) is 28.6 Å². The number of nitrogens with one attached hydrogen (secondary N) is 1. The number of carbonyl (C=O) groups is 1. The molecule has 1 amide bonds. The second-order valence-electron chi connectivity index (χ2n) is 12.5. The van der Waals surface area contributed by atoms with Crippen molar-refractivity contribution in [3.63, 3.8) is 0 Å². The number of ether oxygens (including phenoxy) is 1. The lowest BCUT2D eigenvalue weighted by Gasteiger charge is -2.57. The average molecular weight is 449 g/mol. The minimum Gasteiger partial charge on any atom is -0.446 e. The smallest absolute Gasteiger partial charge is 0.407 e. The minimum atomic E-state index is -0.279. The summed E-state index contributed by atoms with van der Waals surface area (Å²) in [7, 11) is 0. The predicted molar refractivity (Wildman–Crippen MR) is 132 cm³/mol. The van der Waals surface area contributed by atoms with E-state index >= 15 is 0 Å². The molecule has 4 aliphatic carbocycles. The summed E-state index contributed by atoms with van der Waals surface area (Å²) in [4.78, 5) is 16.7. The fourth-order valence-corrected chi connectivity index (χ4v) is 7.75. The van der Waals surface area contributed by atoms with Crippen molar-refractivity contribution in [1.29, 1.82) is 0 Å². The Labute approximate surface area is 199 Å². The lowest BCUT2D eigenvalue weighted by Crippen LogP contribution is -2.50. The Hall–Kier alpha value is -2.10. The van der Waals surface area contributed by atoms with Crippen LogP contribution in [0.15, 0.2) is 42.3 Å². The van der Waals surface area contributed by atoms with Gasteiger partial charge in [0.25, 0.3) is 0 Å². The zero-order valence-electron chi connectivity index (χ0n) is 21.0. The summed E-state index contributed by atoms with van der Waals surface area (Å²) in [6, 6.07) is 4.30. The molecule has 0 saturated heterocycles. The largest absolute Gasteiger partial charge is 0.446 e. The number of hydrogen-bond donors (Lipinski definition) is 1. The van der Waals surface area contributed by atoms with Crippen LogP contribution in [0.4, 0.5) is 4.79 Å². The van der Waals surface area contributed by atoms with Gasteiger partial charge in [0.2, 0.25) is 0 Å². The molecule has 0 radical (unpaired) electrons. The number of pyridine rings is 1. The number of fused-ring (bicyclic) bond motifs is 5. The number of rotatable bonds is 2. The number of hydrogen-bond acceptors (Lipinski definition) is 3. The molecule has 5 rings (SSSR count). The fourth-order valence-electron chi connectivity index (χ4n) is 7.75. The number of aromatic nitrogens is 1. The van der Waals surface area contributed by atoms with Gasteiger partial charge in [0.15, 0.2) is 0 Å². The molecule has 1 aromatic rings. The second kappa shape index (κ2) is 7.99. The summed E-state index contributed by atoms with van der Waals surface area (Å²) >= 11 is 0. The number of amides is 1. The number of carbonyl (C=O) groups excluding carboxylic acids is 1. The van der Waals surface area contributed by atoms with Gasteiger partial charge in [-0.25, -0.2) is 4.79 Å². The molecule has 0 unspecified atom stereocenters. The quantitative estimate of drug-likeness (QED) is 0.499. The van der Waals surface area contributed by atoms with E-state index in [9.17, 15) is 4.79 Å². The van der Waals surface area contributed by atoms with Crippen LogP contribution in [0.5, 0.6) is 0 Å². The molecule has 6 atom stereocenters. The standard InChI is InChI=1S/C29H40N2O2/c1-27(2,3)31-26(32)33-21-12-14-28(4)20(17-21)8-9-22-24-11-10-23(19-7-6-16-30-18-19)29(24,5)15-13-25(22)28/h6-8,10,16,18,21-22,24-25H,9,11-15,17H2,1-5H3,(H,31,32)/t21-,22-,24-,25-,28-,29+/m0/s1. The van der Waals surface area contributed by atoms with E-state index in [4.69, 9.17) is 4.74 Å². The minimum absolute atomic E-state index is 0.00223. The molecule has 1 aromatic heterocycles. The van der Waals surface area contributed by atoms with Crippen LogP contribution in [-0.2, 0) is 4.74 Å². The van der Waals surface area contributed by atoms with Crippen LogP contribution in [0, 0.1) is 28.6 Å². The maximum absolute atomic E-state index is 12.3. The molecule has 4 nitrogen and oxygen atoms in total. The highest BCUT2D eigenvalue weighted by atomic mass is 16.6. The molecule has 0 aromatic carbocycles. The molecule has 1 heterocycles. The number of alkyl carbamates (subject to hydrolysis) is 1. The van der Waals surface area contributed by atoms with Crippen molar-refractivity contribution in [3.05, 3.63) is 47.8 Å². The van der Waals surface area contributed by atoms with E-state index in [2.05, 4.69) is 48.4 Å². The van der Waals surface area contributed by atoms with Crippen molar-refractivity contribution in [2.45, 2.75) is 91.2 Å². The molecule has 4 aliphatic rings. The molecule has 0 bridgehead atoms. The van der Waals surface area contributed by atoms with E-state index in [0.717, 1.165) is 31.1 Å². The lowest BCUT2D eigenvalue weighted by molar-refractivity contribution is -0.0266. The fraction of sp³-hybridized carbons (Fsp3) is 0.655. The first-order valence-electron chi connectivity index (χ1n) is 12.9. The van der Waals surface area contributed by atoms with Crippen molar-refractivity contribution in [2.24, 2.45) is 28.6 Å². The molecule has 2 fully saturated rings. The van der Waals surface area contributed by atoms with E-state index in [1.54, 1.807) is 5.57 Å². The molecule has 33 heavy (non-hydrogen) atoms. The van der Waals surface area contributed by atoms with Gasteiger partial charge < -0.3 is 10.1 Å². The highest BCUT2D eigenvalue weighted by Crippen LogP contribution is 2.66. The summed E-state index contributed by atoms with van der Waals surface area (Å²) in [5.74, 6) is 2.19. The first-order valence-corrected chi connectivity index (χ1v) is 12.9. The number of allylic oxidation sites excluding steroid dienone is 3. The molecular weight excluding hydrogens is 408 g/mol. The van der Waals surface area contributed by atoms with Crippen LogP contribution in [0.1, 0.15) is 85.1 Å². The molecule has 2 saturated carbocycles. The average Bonchev–Trinajstić information content (AvgIpc) is 3.10. The SMILES string of the molecule is CC(C)(C)NC(=O)O[C@H]1CC[C@@]2(C)C(=CC[C@@H]3[C@@H]2CC[C@]2(C)C(c4cccnc4)=CC[C@@H]32)C1. The number of nitrogens with zero attached hydrogens (tertiary/aromatic N) is 1. The summed E-state index contributed by atoms with van der Waals surface area (Å²) in [5.41, 5.74) is 4.63. The normalized spacial score (nSPS) is 37.7. The van der Waals surface area contributed by atoms with Crippen LogP contribution >= 0.6 is 0 Å². The zero-order chi connectivity index (χ0) is 23.4. The molecular formula is C29H40N2O2. The van der Waals surface area contributed by atoms with E-state index in [0.29, 0.717) is 5.92 Å². The first kappa shape index (κ1) is 22.7. The monoisotopic (exact) mass is 448 g/mol. The molecule has 0 aliphatic heterocycles. The van der Waals surface area contributed by atoms with E-state index in [1.807, 2.05) is 33.2 Å². The van der Waals surface area contributed by atoms with Crippen LogP contribution < -0.4 is 5.32 Å². The third-order valence-corrected chi connectivity index (χ3v) is 9.36. The van der Waals surface area contributed by atoms with Gasteiger partial charge >= 0.3 is 6.09 Å². The first-order chi connectivity index (χ1) is 15.6. The third-order valence-electron chi connectivity index (χ3n) is 9.36. The van der Waals surface area contributed by atoms with E-state index in [1.165, 1.54) is 36.8 Å². The van der Waals surface area contributed by atoms with Crippen LogP contribution in [-0.4, -0.2) is 22.7 Å². The van der Waals surface area contributed by atoms with Crippen LogP contribution in [0.3, 0.4) is 0 Å². The Morgan fingerprint density at radius 3 is 2.61 bits per heavy atom. The topological polar surface area (TPSA) is 51.2 Å². The van der Waals surface area contributed by atoms with Gasteiger partial charge in [0, 0.05) is 24.4 Å². The van der Waals surface area contributed by atoms with Gasteiger partial charge in [0.1, 0.15) is 6.10 Å².